The summed E-state index contributed by atoms with van der Waals surface area (Å²) in [4.78, 5) is 37.1. The van der Waals surface area contributed by atoms with Crippen LogP contribution in [0.4, 0.5) is 5.69 Å². The first-order valence-electron chi connectivity index (χ1n) is 16.2. The van der Waals surface area contributed by atoms with E-state index in [2.05, 4.69) is 19.2 Å². The number of ether oxygens (including phenoxy) is 2. The summed E-state index contributed by atoms with van der Waals surface area (Å²) in [5, 5.41) is 37.8. The van der Waals surface area contributed by atoms with Crippen LogP contribution in [0.5, 0.6) is 5.75 Å². The highest BCUT2D eigenvalue weighted by molar-refractivity contribution is 5.99. The number of rotatable bonds is 16. The lowest BCUT2D eigenvalue weighted by Crippen LogP contribution is -2.45. The van der Waals surface area contributed by atoms with Crippen LogP contribution < -0.4 is 15.8 Å². The van der Waals surface area contributed by atoms with Gasteiger partial charge in [0.25, 0.3) is 5.69 Å². The Balaban J connectivity index is 1.38. The number of benzene rings is 3. The number of nitrogens with zero attached hydrogens (tertiary/aromatic N) is 1. The number of hydrogen-bond donors (Lipinski definition) is 4. The number of aliphatic carboxylic acids is 1. The highest BCUT2D eigenvalue weighted by Gasteiger charge is 2.40. The van der Waals surface area contributed by atoms with Crippen LogP contribution in [-0.2, 0) is 14.3 Å². The van der Waals surface area contributed by atoms with Crippen molar-refractivity contribution in [1.82, 2.24) is 5.32 Å². The average molecular weight is 660 g/mol. The van der Waals surface area contributed by atoms with E-state index in [1.165, 1.54) is 18.2 Å². The van der Waals surface area contributed by atoms with E-state index in [0.717, 1.165) is 10.8 Å². The van der Waals surface area contributed by atoms with Gasteiger partial charge in [0.15, 0.2) is 0 Å². The molecule has 0 aromatic heterocycles. The SMILES string of the molecule is CC1=C(C(=O)O)C(c2ccccc2[N+](=O)[O-])C(C(=O)OCCCCC(N)(CC(C)C)CC(O)COc2cccc3ccccc23)=C(C)N1. The van der Waals surface area contributed by atoms with Crippen LogP contribution in [0.1, 0.15) is 71.3 Å². The van der Waals surface area contributed by atoms with Gasteiger partial charge in [-0.15, -0.1) is 0 Å². The Labute approximate surface area is 280 Å². The van der Waals surface area contributed by atoms with Crippen molar-refractivity contribution in [2.24, 2.45) is 11.7 Å². The summed E-state index contributed by atoms with van der Waals surface area (Å²) in [6.07, 6.45) is 1.86. The molecule has 1 aliphatic heterocycles. The summed E-state index contributed by atoms with van der Waals surface area (Å²) < 4.78 is 11.6. The molecule has 0 bridgehead atoms. The third-order valence-electron chi connectivity index (χ3n) is 8.60. The van der Waals surface area contributed by atoms with Gasteiger partial charge in [0.2, 0.25) is 0 Å². The number of hydrogen-bond acceptors (Lipinski definition) is 9. The van der Waals surface area contributed by atoms with Gasteiger partial charge in [-0.3, -0.25) is 10.1 Å². The summed E-state index contributed by atoms with van der Waals surface area (Å²) >= 11 is 0. The molecule has 3 aromatic rings. The molecule has 4 rings (SSSR count). The lowest BCUT2D eigenvalue weighted by atomic mass is 9.79. The Hall–Kier alpha value is -4.74. The number of fused-ring (bicyclic) bond motifs is 1. The number of carbonyl (C=O) groups is 2. The predicted octanol–water partition coefficient (Wildman–Crippen LogP) is 6.35. The standard InChI is InChI=1S/C37H45N3O8/c1-23(2)20-37(38,21-27(41)22-48-31-17-11-13-26-12-5-6-14-28(26)31)18-9-10-19-47-36(44)33-25(4)39-24(3)32(35(42)43)34(33)29-15-7-8-16-30(29)40(45)46/h5-8,11-17,23,27,34,39,41H,9-10,18-22,38H2,1-4H3,(H,42,43). The number of dihydropyridines is 1. The lowest BCUT2D eigenvalue weighted by molar-refractivity contribution is -0.385. The van der Waals surface area contributed by atoms with E-state index in [1.807, 2.05) is 42.5 Å². The van der Waals surface area contributed by atoms with Crippen LogP contribution in [0.2, 0.25) is 0 Å². The predicted molar refractivity (Wildman–Crippen MR) is 183 cm³/mol. The molecular formula is C37H45N3O8. The molecule has 3 aromatic carbocycles. The maximum atomic E-state index is 13.5. The Bertz CT molecular complexity index is 1710. The quantitative estimate of drug-likeness (QED) is 0.0587. The zero-order valence-electron chi connectivity index (χ0n) is 27.9. The van der Waals surface area contributed by atoms with Crippen molar-refractivity contribution in [1.29, 1.82) is 0 Å². The zero-order chi connectivity index (χ0) is 35.0. The molecule has 1 heterocycles. The van der Waals surface area contributed by atoms with Gasteiger partial charge in [-0.25, -0.2) is 9.59 Å². The van der Waals surface area contributed by atoms with E-state index in [1.54, 1.807) is 19.9 Å². The third-order valence-corrected chi connectivity index (χ3v) is 8.60. The molecule has 0 saturated heterocycles. The van der Waals surface area contributed by atoms with Crippen LogP contribution >= 0.6 is 0 Å². The Morgan fingerprint density at radius 3 is 2.35 bits per heavy atom. The molecule has 1 aliphatic rings. The second-order valence-corrected chi connectivity index (χ2v) is 13.0. The lowest BCUT2D eigenvalue weighted by Gasteiger charge is -2.33. The molecule has 0 aliphatic carbocycles. The Kier molecular flexibility index (Phi) is 12.0. The summed E-state index contributed by atoms with van der Waals surface area (Å²) in [5.41, 5.74) is 6.48. The van der Waals surface area contributed by atoms with Gasteiger partial charge in [0.1, 0.15) is 12.4 Å². The van der Waals surface area contributed by atoms with E-state index < -0.39 is 34.4 Å². The molecule has 0 amide bonds. The summed E-state index contributed by atoms with van der Waals surface area (Å²) in [5.74, 6) is -2.26. The van der Waals surface area contributed by atoms with Crippen LogP contribution in [0.3, 0.4) is 0 Å². The van der Waals surface area contributed by atoms with Crippen LogP contribution in [0, 0.1) is 16.0 Å². The molecule has 5 N–H and O–H groups in total. The van der Waals surface area contributed by atoms with Gasteiger partial charge in [0.05, 0.1) is 34.7 Å². The van der Waals surface area contributed by atoms with Crippen LogP contribution in [-0.4, -0.2) is 51.9 Å². The van der Waals surface area contributed by atoms with E-state index in [0.29, 0.717) is 43.6 Å². The molecular weight excluding hydrogens is 614 g/mol. The minimum atomic E-state index is -1.30. The molecule has 11 nitrogen and oxygen atoms in total. The fraction of sp³-hybridized carbons (Fsp3) is 0.405. The van der Waals surface area contributed by atoms with Crippen molar-refractivity contribution in [3.8, 4) is 5.75 Å². The summed E-state index contributed by atoms with van der Waals surface area (Å²) in [7, 11) is 0. The topological polar surface area (TPSA) is 174 Å². The van der Waals surface area contributed by atoms with Crippen molar-refractivity contribution in [3.05, 3.63) is 105 Å². The first-order valence-corrected chi connectivity index (χ1v) is 16.2. The number of nitro benzene ring substituents is 1. The molecule has 3 atom stereocenters. The first kappa shape index (κ1) is 36.1. The number of para-hydroxylation sites is 1. The molecule has 0 radical (unpaired) electrons. The monoisotopic (exact) mass is 659 g/mol. The first-order chi connectivity index (χ1) is 22.8. The van der Waals surface area contributed by atoms with E-state index in [-0.39, 0.29) is 47.2 Å². The van der Waals surface area contributed by atoms with E-state index in [9.17, 15) is 29.9 Å². The molecule has 48 heavy (non-hydrogen) atoms. The number of carboxylic acids is 1. The molecule has 0 fully saturated rings. The Morgan fingerprint density at radius 1 is 0.979 bits per heavy atom. The van der Waals surface area contributed by atoms with Crippen molar-refractivity contribution in [2.45, 2.75) is 77.4 Å². The van der Waals surface area contributed by atoms with Gasteiger partial charge in [-0.1, -0.05) is 68.4 Å². The highest BCUT2D eigenvalue weighted by Crippen LogP contribution is 2.42. The van der Waals surface area contributed by atoms with Crippen LogP contribution in [0.25, 0.3) is 10.8 Å². The minimum absolute atomic E-state index is 0.00889. The molecule has 256 valence electrons. The second-order valence-electron chi connectivity index (χ2n) is 13.0. The number of aliphatic hydroxyl groups is 1. The summed E-state index contributed by atoms with van der Waals surface area (Å²) in [6.45, 7) is 7.45. The molecule has 3 unspecified atom stereocenters. The maximum Gasteiger partial charge on any atom is 0.336 e. The van der Waals surface area contributed by atoms with Crippen molar-refractivity contribution < 1.29 is 34.2 Å². The number of unbranched alkanes of at least 4 members (excludes halogenated alkanes) is 1. The molecule has 11 heteroatoms. The van der Waals surface area contributed by atoms with Crippen LogP contribution in [0.15, 0.2) is 89.3 Å². The number of aliphatic hydroxyl groups excluding tert-OH is 1. The molecule has 0 saturated carbocycles. The van der Waals surface area contributed by atoms with Crippen molar-refractivity contribution >= 4 is 28.4 Å². The second kappa shape index (κ2) is 15.9. The number of nitrogens with one attached hydrogen (secondary N) is 1. The van der Waals surface area contributed by atoms with E-state index in [4.69, 9.17) is 15.2 Å². The third kappa shape index (κ3) is 8.78. The van der Waals surface area contributed by atoms with E-state index >= 15 is 0 Å². The maximum absolute atomic E-state index is 13.5. The summed E-state index contributed by atoms with van der Waals surface area (Å²) in [6, 6.07) is 19.5. The minimum Gasteiger partial charge on any atom is -0.490 e. The zero-order valence-corrected chi connectivity index (χ0v) is 27.9. The van der Waals surface area contributed by atoms with Crippen molar-refractivity contribution in [3.63, 3.8) is 0 Å². The van der Waals surface area contributed by atoms with Crippen molar-refractivity contribution in [2.75, 3.05) is 13.2 Å². The Morgan fingerprint density at radius 2 is 1.65 bits per heavy atom. The number of nitrogens with two attached hydrogens (primary N) is 1. The van der Waals surface area contributed by atoms with Gasteiger partial charge in [-0.2, -0.15) is 0 Å². The number of carboxylic acid groups (broad SMARTS) is 1. The fourth-order valence-electron chi connectivity index (χ4n) is 6.71. The van der Waals surface area contributed by atoms with Gasteiger partial charge in [-0.05, 0) is 63.3 Å². The van der Waals surface area contributed by atoms with Gasteiger partial charge in [0, 0.05) is 33.9 Å². The molecule has 0 spiro atoms. The largest absolute Gasteiger partial charge is 0.490 e. The number of nitro groups is 1. The normalized spacial score (nSPS) is 16.8. The smallest absolute Gasteiger partial charge is 0.336 e. The number of carbonyl (C=O) groups excluding carboxylic acids is 1. The number of allylic oxidation sites excluding steroid dienone is 2. The van der Waals surface area contributed by atoms with Gasteiger partial charge < -0.3 is 30.7 Å². The fourth-order valence-corrected chi connectivity index (χ4v) is 6.71. The van der Waals surface area contributed by atoms with Gasteiger partial charge >= 0.3 is 11.9 Å². The average Bonchev–Trinajstić information content (AvgIpc) is 3.02. The highest BCUT2D eigenvalue weighted by atomic mass is 16.6. The number of esters is 1.